The molecule has 0 radical (unpaired) electrons. The van der Waals surface area contributed by atoms with Gasteiger partial charge in [-0.3, -0.25) is 0 Å². The van der Waals surface area contributed by atoms with E-state index in [0.29, 0.717) is 0 Å². The van der Waals surface area contributed by atoms with Crippen molar-refractivity contribution >= 4 is 11.8 Å². The molecule has 3 heteroatoms. The van der Waals surface area contributed by atoms with Crippen LogP contribution in [0.15, 0.2) is 0 Å². The van der Waals surface area contributed by atoms with Gasteiger partial charge >= 0.3 is 0 Å². The quantitative estimate of drug-likeness (QED) is 0.601. The molecule has 0 aromatic carbocycles. The molecule has 0 aromatic rings. The molecule has 16 heavy (non-hydrogen) atoms. The van der Waals surface area contributed by atoms with Crippen molar-refractivity contribution in [2.24, 2.45) is 11.1 Å². The fourth-order valence-corrected chi connectivity index (χ4v) is 2.33. The number of hydrogen-bond acceptors (Lipinski definition) is 3. The van der Waals surface area contributed by atoms with E-state index in [4.69, 9.17) is 5.73 Å². The Bertz CT molecular complexity index is 160. The van der Waals surface area contributed by atoms with Crippen molar-refractivity contribution in [3.05, 3.63) is 0 Å². The second kappa shape index (κ2) is 9.32. The Hall–Kier alpha value is 0.270. The third kappa shape index (κ3) is 8.43. The van der Waals surface area contributed by atoms with E-state index in [2.05, 4.69) is 31.9 Å². The van der Waals surface area contributed by atoms with Gasteiger partial charge < -0.3 is 10.6 Å². The lowest BCUT2D eigenvalue weighted by Crippen LogP contribution is -2.39. The number of nitrogens with zero attached hydrogens (tertiary/aromatic N) is 1. The first-order chi connectivity index (χ1) is 7.55. The molecular formula is C13H30N2S. The van der Waals surface area contributed by atoms with Gasteiger partial charge in [0.2, 0.25) is 0 Å². The average Bonchev–Trinajstić information content (AvgIpc) is 2.24. The first-order valence-electron chi connectivity index (χ1n) is 6.47. The molecule has 98 valence electrons. The molecule has 0 amide bonds. The summed E-state index contributed by atoms with van der Waals surface area (Å²) in [6, 6.07) is 0. The molecule has 2 N–H and O–H groups in total. The van der Waals surface area contributed by atoms with Gasteiger partial charge in [0.1, 0.15) is 0 Å². The van der Waals surface area contributed by atoms with E-state index in [-0.39, 0.29) is 5.41 Å². The smallest absolute Gasteiger partial charge is 0.00447 e. The molecule has 0 rings (SSSR count). The Morgan fingerprint density at radius 2 is 1.88 bits per heavy atom. The zero-order chi connectivity index (χ0) is 12.4. The average molecular weight is 246 g/mol. The summed E-state index contributed by atoms with van der Waals surface area (Å²) in [5, 5.41) is 0. The molecule has 0 aliphatic heterocycles. The van der Waals surface area contributed by atoms with E-state index >= 15 is 0 Å². The Morgan fingerprint density at radius 1 is 1.19 bits per heavy atom. The molecule has 0 aliphatic carbocycles. The monoisotopic (exact) mass is 246 g/mol. The summed E-state index contributed by atoms with van der Waals surface area (Å²) in [6.07, 6.45) is 6.08. The van der Waals surface area contributed by atoms with Gasteiger partial charge in [-0.1, -0.05) is 20.8 Å². The van der Waals surface area contributed by atoms with Crippen LogP contribution in [0.4, 0.5) is 0 Å². The summed E-state index contributed by atoms with van der Waals surface area (Å²) in [5.74, 6) is 1.29. The number of nitrogens with two attached hydrogens (primary N) is 1. The van der Waals surface area contributed by atoms with Crippen LogP contribution in [0.3, 0.4) is 0 Å². The highest BCUT2D eigenvalue weighted by molar-refractivity contribution is 7.98. The maximum absolute atomic E-state index is 5.80. The van der Waals surface area contributed by atoms with Gasteiger partial charge in [-0.2, -0.15) is 11.8 Å². The SMILES string of the molecule is CCCN(CCCCSC)CC(C)(C)CN. The van der Waals surface area contributed by atoms with E-state index in [9.17, 15) is 0 Å². The van der Waals surface area contributed by atoms with E-state index in [0.717, 1.165) is 13.1 Å². The van der Waals surface area contributed by atoms with Crippen molar-refractivity contribution in [1.82, 2.24) is 4.90 Å². The second-order valence-electron chi connectivity index (χ2n) is 5.34. The highest BCUT2D eigenvalue weighted by Gasteiger charge is 2.19. The van der Waals surface area contributed by atoms with Crippen LogP contribution in [0.25, 0.3) is 0 Å². The van der Waals surface area contributed by atoms with E-state index < -0.39 is 0 Å². The number of unbranched alkanes of at least 4 members (excludes halogenated alkanes) is 1. The van der Waals surface area contributed by atoms with Gasteiger partial charge in [0.15, 0.2) is 0 Å². The van der Waals surface area contributed by atoms with Crippen molar-refractivity contribution in [3.8, 4) is 0 Å². The number of rotatable bonds is 10. The van der Waals surface area contributed by atoms with Crippen molar-refractivity contribution in [2.45, 2.75) is 40.0 Å². The zero-order valence-electron chi connectivity index (χ0n) is 11.6. The molecule has 0 unspecified atom stereocenters. The summed E-state index contributed by atoms with van der Waals surface area (Å²) in [7, 11) is 0. The summed E-state index contributed by atoms with van der Waals surface area (Å²) >= 11 is 1.95. The van der Waals surface area contributed by atoms with Crippen LogP contribution in [0.1, 0.15) is 40.0 Å². The molecule has 0 heterocycles. The lowest BCUT2D eigenvalue weighted by molar-refractivity contribution is 0.181. The van der Waals surface area contributed by atoms with Gasteiger partial charge in [0, 0.05) is 6.54 Å². The van der Waals surface area contributed by atoms with Gasteiger partial charge in [-0.25, -0.2) is 0 Å². The van der Waals surface area contributed by atoms with Crippen LogP contribution in [0.2, 0.25) is 0 Å². The van der Waals surface area contributed by atoms with Gasteiger partial charge in [-0.05, 0) is 56.3 Å². The van der Waals surface area contributed by atoms with Gasteiger partial charge in [0.05, 0.1) is 0 Å². The summed E-state index contributed by atoms with van der Waals surface area (Å²) in [4.78, 5) is 2.58. The largest absolute Gasteiger partial charge is 0.330 e. The Balaban J connectivity index is 3.87. The van der Waals surface area contributed by atoms with Crippen LogP contribution in [-0.4, -0.2) is 43.1 Å². The van der Waals surface area contributed by atoms with Crippen LogP contribution in [0, 0.1) is 5.41 Å². The van der Waals surface area contributed by atoms with Crippen molar-refractivity contribution in [1.29, 1.82) is 0 Å². The van der Waals surface area contributed by atoms with E-state index in [1.807, 2.05) is 11.8 Å². The molecule has 0 saturated heterocycles. The fraction of sp³-hybridized carbons (Fsp3) is 1.00. The van der Waals surface area contributed by atoms with E-state index in [1.54, 1.807) is 0 Å². The second-order valence-corrected chi connectivity index (χ2v) is 6.33. The molecular weight excluding hydrogens is 216 g/mol. The molecule has 0 saturated carbocycles. The highest BCUT2D eigenvalue weighted by atomic mass is 32.2. The van der Waals surface area contributed by atoms with Crippen molar-refractivity contribution in [2.75, 3.05) is 38.2 Å². The Morgan fingerprint density at radius 3 is 2.38 bits per heavy atom. The third-order valence-corrected chi connectivity index (χ3v) is 3.51. The Kier molecular flexibility index (Phi) is 9.47. The molecule has 2 nitrogen and oxygen atoms in total. The first kappa shape index (κ1) is 16.3. The van der Waals surface area contributed by atoms with Crippen LogP contribution in [0.5, 0.6) is 0 Å². The lowest BCUT2D eigenvalue weighted by Gasteiger charge is -2.31. The minimum Gasteiger partial charge on any atom is -0.330 e. The molecule has 0 spiro atoms. The van der Waals surface area contributed by atoms with Crippen LogP contribution >= 0.6 is 11.8 Å². The number of hydrogen-bond donors (Lipinski definition) is 1. The van der Waals surface area contributed by atoms with Crippen molar-refractivity contribution in [3.63, 3.8) is 0 Å². The van der Waals surface area contributed by atoms with Gasteiger partial charge in [0.25, 0.3) is 0 Å². The molecule has 0 aromatic heterocycles. The minimum absolute atomic E-state index is 0.259. The fourth-order valence-electron chi connectivity index (χ4n) is 1.84. The lowest BCUT2D eigenvalue weighted by atomic mass is 9.93. The van der Waals surface area contributed by atoms with Crippen LogP contribution < -0.4 is 5.73 Å². The number of thioether (sulfide) groups is 1. The standard InChI is InChI=1S/C13H30N2S/c1-5-8-15(9-6-7-10-16-4)12-13(2,3)11-14/h5-12,14H2,1-4H3. The predicted octanol–water partition coefficient (Wildman–Crippen LogP) is 2.83. The maximum Gasteiger partial charge on any atom is 0.00447 e. The molecule has 0 bridgehead atoms. The van der Waals surface area contributed by atoms with Crippen LogP contribution in [-0.2, 0) is 0 Å². The molecule has 0 fully saturated rings. The third-order valence-electron chi connectivity index (χ3n) is 2.82. The van der Waals surface area contributed by atoms with E-state index in [1.165, 1.54) is 38.1 Å². The summed E-state index contributed by atoms with van der Waals surface area (Å²) in [5.41, 5.74) is 6.06. The Labute approximate surface area is 106 Å². The predicted molar refractivity (Wildman–Crippen MR) is 77.2 cm³/mol. The topological polar surface area (TPSA) is 29.3 Å². The normalized spacial score (nSPS) is 12.4. The van der Waals surface area contributed by atoms with Gasteiger partial charge in [-0.15, -0.1) is 0 Å². The zero-order valence-corrected chi connectivity index (χ0v) is 12.4. The minimum atomic E-state index is 0.259. The molecule has 0 atom stereocenters. The first-order valence-corrected chi connectivity index (χ1v) is 7.86. The highest BCUT2D eigenvalue weighted by Crippen LogP contribution is 2.15. The maximum atomic E-state index is 5.80. The molecule has 0 aliphatic rings. The summed E-state index contributed by atoms with van der Waals surface area (Å²) in [6.45, 7) is 11.1. The summed E-state index contributed by atoms with van der Waals surface area (Å²) < 4.78 is 0. The van der Waals surface area contributed by atoms with Crippen molar-refractivity contribution < 1.29 is 0 Å².